The fourth-order valence-corrected chi connectivity index (χ4v) is 2.50. The molecule has 2 aromatic carbocycles. The fraction of sp³-hybridized carbons (Fsp3) is 0.286. The van der Waals surface area contributed by atoms with Gasteiger partial charge in [-0.05, 0) is 59.7 Å². The SMILES string of the molecule is Cc1cc(C)cc(NC(=O)C=Cc2ccc(C(C)(C)C)cc2)c1. The Hall–Kier alpha value is -2.35. The highest BCUT2D eigenvalue weighted by Crippen LogP contribution is 2.22. The predicted octanol–water partition coefficient (Wildman–Crippen LogP) is 5.25. The Morgan fingerprint density at radius 2 is 1.52 bits per heavy atom. The summed E-state index contributed by atoms with van der Waals surface area (Å²) in [7, 11) is 0. The molecule has 0 atom stereocenters. The van der Waals surface area contributed by atoms with Crippen molar-refractivity contribution in [3.8, 4) is 0 Å². The maximum Gasteiger partial charge on any atom is 0.248 e. The van der Waals surface area contributed by atoms with Gasteiger partial charge in [-0.25, -0.2) is 0 Å². The maximum atomic E-state index is 12.0. The zero-order valence-electron chi connectivity index (χ0n) is 14.6. The highest BCUT2D eigenvalue weighted by molar-refractivity contribution is 6.02. The summed E-state index contributed by atoms with van der Waals surface area (Å²) in [6, 6.07) is 14.3. The number of anilines is 1. The van der Waals surface area contributed by atoms with E-state index in [2.05, 4.69) is 44.3 Å². The number of benzene rings is 2. The Morgan fingerprint density at radius 3 is 2.04 bits per heavy atom. The van der Waals surface area contributed by atoms with Gasteiger partial charge in [0.05, 0.1) is 0 Å². The van der Waals surface area contributed by atoms with Gasteiger partial charge in [0.15, 0.2) is 0 Å². The standard InChI is InChI=1S/C21H25NO/c1-15-12-16(2)14-19(13-15)22-20(23)11-8-17-6-9-18(10-7-17)21(3,4)5/h6-14H,1-5H3,(H,22,23). The molecule has 0 aliphatic carbocycles. The molecule has 2 aromatic rings. The molecule has 0 radical (unpaired) electrons. The van der Waals surface area contributed by atoms with Crippen molar-refractivity contribution in [1.29, 1.82) is 0 Å². The summed E-state index contributed by atoms with van der Waals surface area (Å²) in [4.78, 5) is 12.0. The van der Waals surface area contributed by atoms with Crippen LogP contribution in [-0.2, 0) is 10.2 Å². The molecule has 0 saturated heterocycles. The first-order valence-corrected chi connectivity index (χ1v) is 7.92. The van der Waals surface area contributed by atoms with Gasteiger partial charge in [-0.1, -0.05) is 51.1 Å². The first kappa shape index (κ1) is 17.0. The van der Waals surface area contributed by atoms with Crippen molar-refractivity contribution in [2.75, 3.05) is 5.32 Å². The van der Waals surface area contributed by atoms with E-state index in [0.717, 1.165) is 22.4 Å². The summed E-state index contributed by atoms with van der Waals surface area (Å²) < 4.78 is 0. The molecule has 2 heteroatoms. The second kappa shape index (κ2) is 6.82. The molecule has 0 bridgehead atoms. The van der Waals surface area contributed by atoms with Crippen molar-refractivity contribution in [1.82, 2.24) is 0 Å². The second-order valence-electron chi connectivity index (χ2n) is 7.07. The molecule has 2 rings (SSSR count). The lowest BCUT2D eigenvalue weighted by atomic mass is 9.87. The molecule has 0 aliphatic heterocycles. The lowest BCUT2D eigenvalue weighted by Gasteiger charge is -2.18. The summed E-state index contributed by atoms with van der Waals surface area (Å²) >= 11 is 0. The van der Waals surface area contributed by atoms with Crippen molar-refractivity contribution in [2.45, 2.75) is 40.0 Å². The van der Waals surface area contributed by atoms with Crippen LogP contribution < -0.4 is 5.32 Å². The minimum absolute atomic E-state index is 0.116. The lowest BCUT2D eigenvalue weighted by molar-refractivity contribution is -0.111. The topological polar surface area (TPSA) is 29.1 Å². The molecule has 0 unspecified atom stereocenters. The van der Waals surface area contributed by atoms with E-state index in [4.69, 9.17) is 0 Å². The Kier molecular flexibility index (Phi) is 5.05. The number of hydrogen-bond acceptors (Lipinski definition) is 1. The van der Waals surface area contributed by atoms with Crippen LogP contribution >= 0.6 is 0 Å². The molecule has 0 saturated carbocycles. The monoisotopic (exact) mass is 307 g/mol. The Balaban J connectivity index is 2.03. The molecular formula is C21H25NO. The number of nitrogens with one attached hydrogen (secondary N) is 1. The average molecular weight is 307 g/mol. The van der Waals surface area contributed by atoms with Crippen molar-refractivity contribution in [2.24, 2.45) is 0 Å². The molecule has 0 heterocycles. The van der Waals surface area contributed by atoms with Crippen LogP contribution in [0.3, 0.4) is 0 Å². The predicted molar refractivity (Wildman–Crippen MR) is 98.7 cm³/mol. The van der Waals surface area contributed by atoms with E-state index in [1.165, 1.54) is 5.56 Å². The summed E-state index contributed by atoms with van der Waals surface area (Å²) in [6.45, 7) is 10.6. The molecule has 0 fully saturated rings. The van der Waals surface area contributed by atoms with Gasteiger partial charge in [-0.15, -0.1) is 0 Å². The first-order chi connectivity index (χ1) is 10.7. The van der Waals surface area contributed by atoms with Crippen molar-refractivity contribution >= 4 is 17.7 Å². The van der Waals surface area contributed by atoms with E-state index in [1.807, 2.05) is 44.2 Å². The van der Waals surface area contributed by atoms with Crippen LogP contribution in [0, 0.1) is 13.8 Å². The maximum absolute atomic E-state index is 12.0. The zero-order chi connectivity index (χ0) is 17.0. The van der Waals surface area contributed by atoms with E-state index < -0.39 is 0 Å². The Labute approximate surface area is 139 Å². The van der Waals surface area contributed by atoms with Gasteiger partial charge in [-0.3, -0.25) is 4.79 Å². The number of hydrogen-bond donors (Lipinski definition) is 1. The molecule has 1 amide bonds. The van der Waals surface area contributed by atoms with Crippen LogP contribution in [0.25, 0.3) is 6.08 Å². The third kappa shape index (κ3) is 5.10. The average Bonchev–Trinajstić information content (AvgIpc) is 2.43. The quantitative estimate of drug-likeness (QED) is 0.771. The molecule has 0 aromatic heterocycles. The van der Waals surface area contributed by atoms with Crippen molar-refractivity contribution in [3.05, 3.63) is 70.8 Å². The normalized spacial score (nSPS) is 11.7. The third-order valence-corrected chi connectivity index (χ3v) is 3.69. The van der Waals surface area contributed by atoms with Crippen LogP contribution in [0.15, 0.2) is 48.5 Å². The number of carbonyl (C=O) groups excluding carboxylic acids is 1. The first-order valence-electron chi connectivity index (χ1n) is 7.92. The molecular weight excluding hydrogens is 282 g/mol. The van der Waals surface area contributed by atoms with Gasteiger partial charge in [-0.2, -0.15) is 0 Å². The number of carbonyl (C=O) groups is 1. The minimum Gasteiger partial charge on any atom is -0.322 e. The summed E-state index contributed by atoms with van der Waals surface area (Å²) in [5.74, 6) is -0.116. The fourth-order valence-electron chi connectivity index (χ4n) is 2.50. The van der Waals surface area contributed by atoms with Gasteiger partial charge >= 0.3 is 0 Å². The van der Waals surface area contributed by atoms with Gasteiger partial charge in [0, 0.05) is 11.8 Å². The smallest absolute Gasteiger partial charge is 0.248 e. The van der Waals surface area contributed by atoms with E-state index >= 15 is 0 Å². The highest BCUT2D eigenvalue weighted by atomic mass is 16.1. The number of aryl methyl sites for hydroxylation is 2. The third-order valence-electron chi connectivity index (χ3n) is 3.69. The molecule has 120 valence electrons. The van der Waals surface area contributed by atoms with E-state index in [0.29, 0.717) is 0 Å². The lowest BCUT2D eigenvalue weighted by Crippen LogP contribution is -2.10. The molecule has 2 nitrogen and oxygen atoms in total. The zero-order valence-corrected chi connectivity index (χ0v) is 14.6. The van der Waals surface area contributed by atoms with E-state index in [9.17, 15) is 4.79 Å². The van der Waals surface area contributed by atoms with Crippen LogP contribution in [0.2, 0.25) is 0 Å². The van der Waals surface area contributed by atoms with Crippen LogP contribution in [0.1, 0.15) is 43.0 Å². The van der Waals surface area contributed by atoms with Crippen LogP contribution in [-0.4, -0.2) is 5.91 Å². The van der Waals surface area contributed by atoms with Crippen LogP contribution in [0.5, 0.6) is 0 Å². The van der Waals surface area contributed by atoms with Crippen LogP contribution in [0.4, 0.5) is 5.69 Å². The largest absolute Gasteiger partial charge is 0.322 e. The molecule has 0 spiro atoms. The molecule has 1 N–H and O–H groups in total. The summed E-state index contributed by atoms with van der Waals surface area (Å²) in [6.07, 6.45) is 3.41. The van der Waals surface area contributed by atoms with Gasteiger partial charge < -0.3 is 5.32 Å². The minimum atomic E-state index is -0.116. The van der Waals surface area contributed by atoms with E-state index in [1.54, 1.807) is 6.08 Å². The highest BCUT2D eigenvalue weighted by Gasteiger charge is 2.12. The number of amides is 1. The van der Waals surface area contributed by atoms with Gasteiger partial charge in [0.25, 0.3) is 0 Å². The second-order valence-corrected chi connectivity index (χ2v) is 7.07. The number of rotatable bonds is 3. The molecule has 0 aliphatic rings. The Bertz CT molecular complexity index is 698. The van der Waals surface area contributed by atoms with E-state index in [-0.39, 0.29) is 11.3 Å². The molecule has 23 heavy (non-hydrogen) atoms. The van der Waals surface area contributed by atoms with Crippen molar-refractivity contribution in [3.63, 3.8) is 0 Å². The summed E-state index contributed by atoms with van der Waals surface area (Å²) in [5, 5.41) is 2.90. The van der Waals surface area contributed by atoms with Crippen molar-refractivity contribution < 1.29 is 4.79 Å². The van der Waals surface area contributed by atoms with Gasteiger partial charge in [0.1, 0.15) is 0 Å². The summed E-state index contributed by atoms with van der Waals surface area (Å²) in [5.41, 5.74) is 5.56. The van der Waals surface area contributed by atoms with Gasteiger partial charge in [0.2, 0.25) is 5.91 Å². The Morgan fingerprint density at radius 1 is 0.957 bits per heavy atom.